The Morgan fingerprint density at radius 3 is 1.08 bits per heavy atom. The van der Waals surface area contributed by atoms with Gasteiger partial charge < -0.3 is 18.6 Å². The summed E-state index contributed by atoms with van der Waals surface area (Å²) in [6, 6.07) is 75.2. The quantitative estimate of drug-likeness (QED) is 0.152. The number of anilines is 6. The van der Waals surface area contributed by atoms with E-state index in [1.54, 1.807) is 0 Å². The van der Waals surface area contributed by atoms with Crippen LogP contribution >= 0.6 is 0 Å². The van der Waals surface area contributed by atoms with Gasteiger partial charge >= 0.3 is 0 Å². The molecule has 13 rings (SSSR count). The van der Waals surface area contributed by atoms with E-state index in [-0.39, 0.29) is 0 Å². The summed E-state index contributed by atoms with van der Waals surface area (Å²) in [5, 5.41) is 8.71. The molecule has 0 spiro atoms. The largest absolute Gasteiger partial charge is 0.452 e. The van der Waals surface area contributed by atoms with Gasteiger partial charge in [0.05, 0.1) is 0 Å². The molecular formula is C68H52N2O2. The molecule has 0 aliphatic carbocycles. The molecule has 13 aromatic rings. The van der Waals surface area contributed by atoms with Gasteiger partial charge in [-0.2, -0.15) is 0 Å². The fourth-order valence-electron chi connectivity index (χ4n) is 10.9. The van der Waals surface area contributed by atoms with Gasteiger partial charge in [-0.3, -0.25) is 0 Å². The monoisotopic (exact) mass is 928 g/mol. The van der Waals surface area contributed by atoms with E-state index in [0.717, 1.165) is 99.5 Å². The zero-order chi connectivity index (χ0) is 48.8. The molecule has 2 aromatic heterocycles. The molecule has 346 valence electrons. The van der Waals surface area contributed by atoms with Crippen LogP contribution in [0.25, 0.3) is 87.7 Å². The molecule has 4 heteroatoms. The zero-order valence-corrected chi connectivity index (χ0v) is 41.3. The summed E-state index contributed by atoms with van der Waals surface area (Å²) in [4.78, 5) is 4.84. The minimum absolute atomic E-state index is 0.763. The summed E-state index contributed by atoms with van der Waals surface area (Å²) in [6.45, 7) is 13.1. The smallest absolute Gasteiger partial charge is 0.178 e. The first-order valence-corrected chi connectivity index (χ1v) is 24.9. The third-order valence-electron chi connectivity index (χ3n) is 14.8. The maximum absolute atomic E-state index is 6.90. The van der Waals surface area contributed by atoms with Crippen molar-refractivity contribution >= 4 is 99.5 Å². The minimum atomic E-state index is 0.763. The van der Waals surface area contributed by atoms with Crippen molar-refractivity contribution in [1.29, 1.82) is 0 Å². The molecule has 0 saturated carbocycles. The van der Waals surface area contributed by atoms with Crippen LogP contribution in [0.15, 0.2) is 215 Å². The molecule has 0 aliphatic heterocycles. The highest BCUT2D eigenvalue weighted by Crippen LogP contribution is 2.46. The van der Waals surface area contributed by atoms with Crippen molar-refractivity contribution in [2.24, 2.45) is 0 Å². The minimum Gasteiger partial charge on any atom is -0.452 e. The highest BCUT2D eigenvalue weighted by atomic mass is 16.4. The van der Waals surface area contributed by atoms with Crippen LogP contribution in [-0.2, 0) is 0 Å². The maximum atomic E-state index is 6.90. The first-order valence-electron chi connectivity index (χ1n) is 24.9. The molecular weight excluding hydrogens is 877 g/mol. The molecule has 11 aromatic carbocycles. The predicted octanol–water partition coefficient (Wildman–Crippen LogP) is 19.9. The number of hydrogen-bond donors (Lipinski definition) is 0. The van der Waals surface area contributed by atoms with E-state index in [9.17, 15) is 0 Å². The Kier molecular flexibility index (Phi) is 10.2. The predicted molar refractivity (Wildman–Crippen MR) is 305 cm³/mol. The number of furan rings is 2. The topological polar surface area (TPSA) is 32.8 Å². The summed E-state index contributed by atoms with van der Waals surface area (Å²) in [5.41, 5.74) is 22.0. The fraction of sp³-hybridized carbons (Fsp3) is 0.0882. The van der Waals surface area contributed by atoms with Crippen molar-refractivity contribution in [1.82, 2.24) is 0 Å². The number of hydrogen-bond acceptors (Lipinski definition) is 4. The van der Waals surface area contributed by atoms with Gasteiger partial charge in [-0.05, 0) is 204 Å². The second-order valence-electron chi connectivity index (χ2n) is 19.8. The molecule has 0 fully saturated rings. The molecule has 0 atom stereocenters. The van der Waals surface area contributed by atoms with Crippen molar-refractivity contribution in [3.63, 3.8) is 0 Å². The zero-order valence-electron chi connectivity index (χ0n) is 41.3. The number of benzene rings is 11. The van der Waals surface area contributed by atoms with Gasteiger partial charge in [-0.1, -0.05) is 121 Å². The lowest BCUT2D eigenvalue weighted by molar-refractivity contribution is 0.634. The number of nitrogens with zero attached hydrogens (tertiary/aromatic N) is 2. The Morgan fingerprint density at radius 2 is 0.667 bits per heavy atom. The number of fused-ring (bicyclic) bond motifs is 9. The fourth-order valence-corrected chi connectivity index (χ4v) is 10.9. The van der Waals surface area contributed by atoms with E-state index in [1.807, 2.05) is 0 Å². The molecule has 0 N–H and O–H groups in total. The lowest BCUT2D eigenvalue weighted by atomic mass is 9.99. The summed E-state index contributed by atoms with van der Waals surface area (Å²) in [7, 11) is 0. The van der Waals surface area contributed by atoms with Crippen molar-refractivity contribution in [2.75, 3.05) is 9.80 Å². The summed E-state index contributed by atoms with van der Waals surface area (Å²) >= 11 is 0. The van der Waals surface area contributed by atoms with Gasteiger partial charge in [0, 0.05) is 55.7 Å². The molecule has 4 nitrogen and oxygen atoms in total. The van der Waals surface area contributed by atoms with E-state index < -0.39 is 0 Å². The van der Waals surface area contributed by atoms with E-state index >= 15 is 0 Å². The van der Waals surface area contributed by atoms with Gasteiger partial charge in [-0.25, -0.2) is 0 Å². The molecule has 0 saturated heterocycles. The van der Waals surface area contributed by atoms with E-state index in [0.29, 0.717) is 0 Å². The SMILES string of the molecule is Cc1ccc(C)c(N(c2ccc3cc4c(cc3c2)oc2c4ccc3c4cc5ccc(N(c6cc(C)ccc6C)c6cc(-c7ccccc7)ccc6C)cc5cc4oc32)c2cc(-c3ccccc3)ccc2C)c1. The van der Waals surface area contributed by atoms with Crippen LogP contribution in [0.3, 0.4) is 0 Å². The van der Waals surface area contributed by atoms with Gasteiger partial charge in [0.2, 0.25) is 0 Å². The second-order valence-corrected chi connectivity index (χ2v) is 19.8. The third-order valence-corrected chi connectivity index (χ3v) is 14.8. The maximum Gasteiger partial charge on any atom is 0.178 e. The van der Waals surface area contributed by atoms with Gasteiger partial charge in [0.25, 0.3) is 0 Å². The molecule has 0 bridgehead atoms. The molecule has 0 radical (unpaired) electrons. The Labute approximate surface area is 419 Å². The molecule has 0 amide bonds. The number of aryl methyl sites for hydroxylation is 6. The van der Waals surface area contributed by atoms with Crippen molar-refractivity contribution in [2.45, 2.75) is 41.5 Å². The highest BCUT2D eigenvalue weighted by Gasteiger charge is 2.23. The van der Waals surface area contributed by atoms with Crippen molar-refractivity contribution in [3.8, 4) is 22.3 Å². The van der Waals surface area contributed by atoms with Crippen LogP contribution in [0, 0.1) is 41.5 Å². The van der Waals surface area contributed by atoms with Crippen LogP contribution in [0.4, 0.5) is 34.1 Å². The summed E-state index contributed by atoms with van der Waals surface area (Å²) < 4.78 is 13.8. The Morgan fingerprint density at radius 1 is 0.278 bits per heavy atom. The first-order chi connectivity index (χ1) is 35.1. The van der Waals surface area contributed by atoms with Crippen LogP contribution in [0.5, 0.6) is 0 Å². The van der Waals surface area contributed by atoms with E-state index in [4.69, 9.17) is 8.83 Å². The summed E-state index contributed by atoms with van der Waals surface area (Å²) in [5.74, 6) is 0. The third kappa shape index (κ3) is 7.29. The highest BCUT2D eigenvalue weighted by molar-refractivity contribution is 6.21. The molecule has 2 heterocycles. The molecule has 0 aliphatic rings. The Balaban J connectivity index is 0.927. The van der Waals surface area contributed by atoms with Crippen LogP contribution in [-0.4, -0.2) is 0 Å². The average molecular weight is 929 g/mol. The number of rotatable bonds is 8. The first kappa shape index (κ1) is 43.2. The van der Waals surface area contributed by atoms with Crippen molar-refractivity contribution in [3.05, 3.63) is 240 Å². The molecule has 72 heavy (non-hydrogen) atoms. The van der Waals surface area contributed by atoms with Crippen LogP contribution in [0.1, 0.15) is 33.4 Å². The van der Waals surface area contributed by atoms with Gasteiger partial charge in [0.15, 0.2) is 11.2 Å². The van der Waals surface area contributed by atoms with E-state index in [1.165, 1.54) is 55.6 Å². The lowest BCUT2D eigenvalue weighted by Crippen LogP contribution is -2.13. The van der Waals surface area contributed by atoms with Gasteiger partial charge in [0.1, 0.15) is 11.2 Å². The normalized spacial score (nSPS) is 11.8. The van der Waals surface area contributed by atoms with Crippen molar-refractivity contribution < 1.29 is 8.83 Å². The Hall–Kier alpha value is -8.86. The Bertz CT molecular complexity index is 4020. The van der Waals surface area contributed by atoms with Crippen LogP contribution < -0.4 is 9.80 Å². The van der Waals surface area contributed by atoms with Crippen LogP contribution in [0.2, 0.25) is 0 Å². The second kappa shape index (κ2) is 16.9. The lowest BCUT2D eigenvalue weighted by Gasteiger charge is -2.29. The van der Waals surface area contributed by atoms with E-state index in [2.05, 4.69) is 258 Å². The average Bonchev–Trinajstić information content (AvgIpc) is 3.96. The van der Waals surface area contributed by atoms with Gasteiger partial charge in [-0.15, -0.1) is 0 Å². The summed E-state index contributed by atoms with van der Waals surface area (Å²) in [6.07, 6.45) is 0. The standard InChI is InChI=1S/C68H52N2O2/c1-41-17-19-43(3)61(31-41)69(63-37-51(23-21-45(63)5)47-13-9-7-10-14-47)55-27-25-49-35-59-57-29-30-58-60-36-50-26-28-56(34-54(50)40-66(60)72-68(58)67(57)71-65(59)39-53(49)33-55)70(62-32-42(2)18-20-44(62)4)64-38-52(24-22-46(64)6)48-15-11-8-12-16-48/h7-40H,1-6H3. The molecule has 0 unspecified atom stereocenters.